The highest BCUT2D eigenvalue weighted by molar-refractivity contribution is 7.09. The van der Waals surface area contributed by atoms with Gasteiger partial charge in [0.1, 0.15) is 0 Å². The molecule has 1 aromatic carbocycles. The zero-order chi connectivity index (χ0) is 13.7. The van der Waals surface area contributed by atoms with E-state index in [0.29, 0.717) is 0 Å². The molecular formula is C15H16N2OS. The van der Waals surface area contributed by atoms with Crippen LogP contribution in [0.5, 0.6) is 0 Å². The Hall–Kier alpha value is -1.94. The van der Waals surface area contributed by atoms with Crippen molar-refractivity contribution in [3.63, 3.8) is 0 Å². The van der Waals surface area contributed by atoms with Crippen molar-refractivity contribution in [3.8, 4) is 0 Å². The second-order valence-corrected chi connectivity index (χ2v) is 5.23. The summed E-state index contributed by atoms with van der Waals surface area (Å²) in [6, 6.07) is 7.86. The molecule has 1 heterocycles. The fourth-order valence-electron chi connectivity index (χ4n) is 1.67. The summed E-state index contributed by atoms with van der Waals surface area (Å²) in [7, 11) is 0. The Kier molecular flexibility index (Phi) is 4.47. The molecule has 4 heteroatoms. The Morgan fingerprint density at radius 3 is 3.00 bits per heavy atom. The summed E-state index contributed by atoms with van der Waals surface area (Å²) in [5.41, 5.74) is 2.85. The predicted octanol–water partition coefficient (Wildman–Crippen LogP) is 3.67. The number of benzene rings is 1. The van der Waals surface area contributed by atoms with Crippen LogP contribution in [0.1, 0.15) is 23.2 Å². The van der Waals surface area contributed by atoms with E-state index >= 15 is 0 Å². The van der Waals surface area contributed by atoms with Crippen LogP contribution >= 0.6 is 11.3 Å². The number of hydrogen-bond donors (Lipinski definition) is 1. The lowest BCUT2D eigenvalue weighted by atomic mass is 10.1. The molecular weight excluding hydrogens is 256 g/mol. The molecule has 2 aromatic rings. The number of carbonyl (C=O) groups is 1. The van der Waals surface area contributed by atoms with Crippen LogP contribution in [0.3, 0.4) is 0 Å². The zero-order valence-electron chi connectivity index (χ0n) is 11.0. The fourth-order valence-corrected chi connectivity index (χ4v) is 2.25. The number of anilines is 1. The average Bonchev–Trinajstić information content (AvgIpc) is 2.82. The molecule has 0 aliphatic rings. The van der Waals surface area contributed by atoms with Gasteiger partial charge in [0.2, 0.25) is 5.91 Å². The Morgan fingerprint density at radius 2 is 2.32 bits per heavy atom. The van der Waals surface area contributed by atoms with Crippen LogP contribution in [-0.4, -0.2) is 10.9 Å². The van der Waals surface area contributed by atoms with Gasteiger partial charge in [-0.25, -0.2) is 4.98 Å². The van der Waals surface area contributed by atoms with Gasteiger partial charge in [-0.05, 0) is 37.1 Å². The molecule has 0 bridgehead atoms. The first-order valence-corrected chi connectivity index (χ1v) is 7.05. The van der Waals surface area contributed by atoms with Crippen molar-refractivity contribution in [2.45, 2.75) is 20.3 Å². The monoisotopic (exact) mass is 272 g/mol. The minimum Gasteiger partial charge on any atom is -0.323 e. The van der Waals surface area contributed by atoms with Crippen molar-refractivity contribution < 1.29 is 4.79 Å². The molecule has 0 saturated heterocycles. The second kappa shape index (κ2) is 6.29. The molecule has 0 aliphatic heterocycles. The highest BCUT2D eigenvalue weighted by atomic mass is 32.1. The first kappa shape index (κ1) is 13.5. The smallest absolute Gasteiger partial charge is 0.248 e. The molecule has 2 rings (SSSR count). The molecule has 98 valence electrons. The van der Waals surface area contributed by atoms with Gasteiger partial charge in [0.25, 0.3) is 0 Å². The SMILES string of the molecule is CCc1cccc(NC(=O)/C=C/c2csc(C)n2)c1. The van der Waals surface area contributed by atoms with E-state index in [1.807, 2.05) is 36.6 Å². The average molecular weight is 272 g/mol. The molecule has 19 heavy (non-hydrogen) atoms. The standard InChI is InChI=1S/C15H16N2OS/c1-3-12-5-4-6-13(9-12)17-15(18)8-7-14-10-19-11(2)16-14/h4-10H,3H2,1-2H3,(H,17,18)/b8-7+. The van der Waals surface area contributed by atoms with E-state index in [0.717, 1.165) is 22.8 Å². The molecule has 0 saturated carbocycles. The summed E-state index contributed by atoms with van der Waals surface area (Å²) < 4.78 is 0. The van der Waals surface area contributed by atoms with Crippen molar-refractivity contribution in [3.05, 3.63) is 52.0 Å². The fraction of sp³-hybridized carbons (Fsp3) is 0.200. The Labute approximate surface area is 117 Å². The first-order chi connectivity index (χ1) is 9.17. The van der Waals surface area contributed by atoms with Crippen molar-refractivity contribution in [1.29, 1.82) is 0 Å². The number of nitrogens with zero attached hydrogens (tertiary/aromatic N) is 1. The predicted molar refractivity (Wildman–Crippen MR) is 80.3 cm³/mol. The molecule has 1 aromatic heterocycles. The number of thiazole rings is 1. The van der Waals surface area contributed by atoms with E-state index in [-0.39, 0.29) is 5.91 Å². The van der Waals surface area contributed by atoms with Gasteiger partial charge in [-0.15, -0.1) is 11.3 Å². The van der Waals surface area contributed by atoms with Gasteiger partial charge in [0, 0.05) is 17.1 Å². The van der Waals surface area contributed by atoms with Gasteiger partial charge in [0.05, 0.1) is 10.7 Å². The number of rotatable bonds is 4. The number of amides is 1. The summed E-state index contributed by atoms with van der Waals surface area (Å²) in [6.45, 7) is 4.03. The number of hydrogen-bond acceptors (Lipinski definition) is 3. The lowest BCUT2D eigenvalue weighted by Gasteiger charge is -2.03. The maximum Gasteiger partial charge on any atom is 0.248 e. The van der Waals surface area contributed by atoms with Gasteiger partial charge >= 0.3 is 0 Å². The summed E-state index contributed by atoms with van der Waals surface area (Å²) >= 11 is 1.57. The molecule has 0 spiro atoms. The summed E-state index contributed by atoms with van der Waals surface area (Å²) in [5, 5.41) is 5.77. The molecule has 0 fully saturated rings. The molecule has 0 unspecified atom stereocenters. The minimum absolute atomic E-state index is 0.140. The number of aromatic nitrogens is 1. The van der Waals surface area contributed by atoms with Crippen LogP contribution in [0.15, 0.2) is 35.7 Å². The number of nitrogens with one attached hydrogen (secondary N) is 1. The van der Waals surface area contributed by atoms with Crippen LogP contribution < -0.4 is 5.32 Å². The van der Waals surface area contributed by atoms with E-state index < -0.39 is 0 Å². The zero-order valence-corrected chi connectivity index (χ0v) is 11.8. The molecule has 0 radical (unpaired) electrons. The van der Waals surface area contributed by atoms with Gasteiger partial charge < -0.3 is 5.32 Å². The lowest BCUT2D eigenvalue weighted by Crippen LogP contribution is -2.07. The second-order valence-electron chi connectivity index (χ2n) is 4.17. The maximum absolute atomic E-state index is 11.8. The Balaban J connectivity index is 1.99. The van der Waals surface area contributed by atoms with Gasteiger partial charge in [-0.1, -0.05) is 19.1 Å². The van der Waals surface area contributed by atoms with Crippen LogP contribution in [0.25, 0.3) is 6.08 Å². The van der Waals surface area contributed by atoms with Crippen LogP contribution in [0.2, 0.25) is 0 Å². The third-order valence-corrected chi connectivity index (χ3v) is 3.44. The van der Waals surface area contributed by atoms with Gasteiger partial charge in [-0.2, -0.15) is 0 Å². The van der Waals surface area contributed by atoms with E-state index in [9.17, 15) is 4.79 Å². The van der Waals surface area contributed by atoms with Gasteiger partial charge in [0.15, 0.2) is 0 Å². The molecule has 1 amide bonds. The van der Waals surface area contributed by atoms with E-state index in [1.165, 1.54) is 11.6 Å². The van der Waals surface area contributed by atoms with Crippen molar-refractivity contribution in [2.75, 3.05) is 5.32 Å². The largest absolute Gasteiger partial charge is 0.323 e. The summed E-state index contributed by atoms with van der Waals surface area (Å²) in [4.78, 5) is 16.0. The lowest BCUT2D eigenvalue weighted by molar-refractivity contribution is -0.111. The third kappa shape index (κ3) is 4.03. The highest BCUT2D eigenvalue weighted by Crippen LogP contribution is 2.12. The van der Waals surface area contributed by atoms with Crippen molar-refractivity contribution in [2.24, 2.45) is 0 Å². The molecule has 0 aliphatic carbocycles. The topological polar surface area (TPSA) is 42.0 Å². The van der Waals surface area contributed by atoms with E-state index in [2.05, 4.69) is 17.2 Å². The van der Waals surface area contributed by atoms with Gasteiger partial charge in [-0.3, -0.25) is 4.79 Å². The van der Waals surface area contributed by atoms with Crippen LogP contribution in [0.4, 0.5) is 5.69 Å². The normalized spacial score (nSPS) is 10.8. The quantitative estimate of drug-likeness (QED) is 0.863. The first-order valence-electron chi connectivity index (χ1n) is 6.17. The highest BCUT2D eigenvalue weighted by Gasteiger charge is 1.99. The number of carbonyl (C=O) groups excluding carboxylic acids is 1. The van der Waals surface area contributed by atoms with Crippen LogP contribution in [0, 0.1) is 6.92 Å². The van der Waals surface area contributed by atoms with E-state index in [1.54, 1.807) is 17.4 Å². The number of aryl methyl sites for hydroxylation is 2. The Morgan fingerprint density at radius 1 is 1.47 bits per heavy atom. The maximum atomic E-state index is 11.8. The summed E-state index contributed by atoms with van der Waals surface area (Å²) in [5.74, 6) is -0.140. The Bertz CT molecular complexity index is 602. The van der Waals surface area contributed by atoms with Crippen molar-refractivity contribution in [1.82, 2.24) is 4.98 Å². The molecule has 3 nitrogen and oxygen atoms in total. The third-order valence-electron chi connectivity index (χ3n) is 2.65. The minimum atomic E-state index is -0.140. The molecule has 1 N–H and O–H groups in total. The summed E-state index contributed by atoms with van der Waals surface area (Å²) in [6.07, 6.45) is 4.19. The van der Waals surface area contributed by atoms with Crippen molar-refractivity contribution >= 4 is 29.0 Å². The molecule has 0 atom stereocenters. The van der Waals surface area contributed by atoms with Crippen LogP contribution in [-0.2, 0) is 11.2 Å². The van der Waals surface area contributed by atoms with E-state index in [4.69, 9.17) is 0 Å².